The zero-order valence-corrected chi connectivity index (χ0v) is 25.2. The van der Waals surface area contributed by atoms with Crippen LogP contribution >= 0.6 is 0 Å². The van der Waals surface area contributed by atoms with Crippen LogP contribution < -0.4 is 4.90 Å². The van der Waals surface area contributed by atoms with Gasteiger partial charge in [-0.1, -0.05) is 48.5 Å². The minimum Gasteiger partial charge on any atom is -0.508 e. The van der Waals surface area contributed by atoms with Gasteiger partial charge in [0.05, 0.1) is 48.0 Å². The summed E-state index contributed by atoms with van der Waals surface area (Å²) in [5, 5.41) is 41.9. The van der Waals surface area contributed by atoms with E-state index in [0.717, 1.165) is 16.7 Å². The summed E-state index contributed by atoms with van der Waals surface area (Å²) >= 11 is 0. The van der Waals surface area contributed by atoms with Crippen molar-refractivity contribution in [2.24, 2.45) is 17.8 Å². The Morgan fingerprint density at radius 1 is 0.875 bits per heavy atom. The number of rotatable bonds is 9. The van der Waals surface area contributed by atoms with E-state index in [9.17, 15) is 56.4 Å². The fraction of sp³-hybridized carbons (Fsp3) is 0.314. The van der Waals surface area contributed by atoms with Crippen LogP contribution in [0.15, 0.2) is 83.9 Å². The highest BCUT2D eigenvalue weighted by Gasteiger charge is 2.55. The Balaban J connectivity index is 1.46. The number of anilines is 1. The molecule has 0 radical (unpaired) electrons. The third kappa shape index (κ3) is 7.03. The second-order valence-corrected chi connectivity index (χ2v) is 11.8. The normalized spacial score (nSPS) is 21.1. The Morgan fingerprint density at radius 3 is 2.02 bits per heavy atom. The number of carbonyl (C=O) groups is 2. The molecule has 1 heterocycles. The Kier molecular flexibility index (Phi) is 9.86. The maximum absolute atomic E-state index is 13.7. The number of phenolic OH excluding ortho intramolecular Hbond substituents is 1. The molecule has 48 heavy (non-hydrogen) atoms. The molecule has 2 amide bonds. The van der Waals surface area contributed by atoms with Gasteiger partial charge in [0, 0.05) is 5.92 Å². The molecule has 1 aliphatic carbocycles. The molecule has 0 spiro atoms. The topological polar surface area (TPSA) is 118 Å². The number of aliphatic hydroxyl groups excluding tert-OH is 3. The molecule has 0 unspecified atom stereocenters. The number of aliphatic hydroxyl groups is 3. The van der Waals surface area contributed by atoms with E-state index in [2.05, 4.69) is 0 Å². The van der Waals surface area contributed by atoms with Crippen LogP contribution in [0, 0.1) is 17.8 Å². The number of aromatic hydroxyl groups is 1. The fourth-order valence-electron chi connectivity index (χ4n) is 6.60. The van der Waals surface area contributed by atoms with Crippen molar-refractivity contribution in [2.75, 3.05) is 18.1 Å². The molecule has 4 atom stereocenters. The van der Waals surface area contributed by atoms with Gasteiger partial charge in [0.25, 0.3) is 0 Å². The lowest BCUT2D eigenvalue weighted by Crippen LogP contribution is -2.39. The van der Waals surface area contributed by atoms with Crippen LogP contribution in [0.5, 0.6) is 5.75 Å². The molecule has 1 aliphatic heterocycles. The lowest BCUT2D eigenvalue weighted by atomic mass is 9.68. The Morgan fingerprint density at radius 2 is 1.48 bits per heavy atom. The largest absolute Gasteiger partial charge is 0.508 e. The number of benzene rings is 3. The molecule has 2 aliphatic rings. The quantitative estimate of drug-likeness (QED) is 0.0927. The highest BCUT2D eigenvalue weighted by molar-refractivity contribution is 6.22. The summed E-state index contributed by atoms with van der Waals surface area (Å²) in [5.41, 5.74) is -1.73. The number of nitrogens with zero attached hydrogens (tertiary/aromatic N) is 1. The van der Waals surface area contributed by atoms with Gasteiger partial charge in [-0.3, -0.25) is 9.59 Å². The summed E-state index contributed by atoms with van der Waals surface area (Å²) in [7, 11) is 0. The second kappa shape index (κ2) is 13.6. The van der Waals surface area contributed by atoms with Crippen LogP contribution in [0.2, 0.25) is 0 Å². The highest BCUT2D eigenvalue weighted by Crippen LogP contribution is 2.48. The van der Waals surface area contributed by atoms with Crippen molar-refractivity contribution in [3.05, 3.63) is 106 Å². The first kappa shape index (κ1) is 34.9. The van der Waals surface area contributed by atoms with E-state index in [-0.39, 0.29) is 59.3 Å². The van der Waals surface area contributed by atoms with Crippen LogP contribution in [0.4, 0.5) is 32.0 Å². The first-order chi connectivity index (χ1) is 22.6. The van der Waals surface area contributed by atoms with Crippen molar-refractivity contribution in [3.8, 4) is 5.75 Å². The molecule has 5 rings (SSSR count). The predicted octanol–water partition coefficient (Wildman–Crippen LogP) is 6.22. The molecule has 3 aromatic rings. The third-order valence-electron chi connectivity index (χ3n) is 8.83. The Labute approximate surface area is 271 Å². The second-order valence-electron chi connectivity index (χ2n) is 11.8. The Bertz CT molecular complexity index is 1700. The molecule has 254 valence electrons. The summed E-state index contributed by atoms with van der Waals surface area (Å²) in [6.45, 7) is -1.47. The van der Waals surface area contributed by atoms with Gasteiger partial charge in [-0.2, -0.15) is 26.3 Å². The van der Waals surface area contributed by atoms with Gasteiger partial charge in [0.15, 0.2) is 0 Å². The number of hydrogen-bond acceptors (Lipinski definition) is 6. The summed E-state index contributed by atoms with van der Waals surface area (Å²) in [4.78, 5) is 27.5. The number of halogens is 6. The summed E-state index contributed by atoms with van der Waals surface area (Å²) in [6, 6.07) is 16.1. The van der Waals surface area contributed by atoms with Crippen molar-refractivity contribution in [2.45, 2.75) is 37.7 Å². The van der Waals surface area contributed by atoms with Gasteiger partial charge < -0.3 is 20.4 Å². The first-order valence-electron chi connectivity index (χ1n) is 15.0. The standard InChI is InChI=1S/C35H31F6NO6/c36-34(37,38)23-14-24(35(39,40)41)16-25(15-23)42-32(47)27-13-22(17-43)30(28(18-44)31(27)33(42)48)29(46)11-8-21(20-4-2-1-3-5-20)12-19-6-9-26(45)10-7-19/h1-7,9-10,12,14-16,27-29,31,43-46H,8,11,13,17-18H2/b21-12-/t27-,28+,29-,31-/m1/s1. The molecule has 3 aromatic carbocycles. The zero-order chi connectivity index (χ0) is 35.0. The van der Waals surface area contributed by atoms with Crippen LogP contribution in [-0.2, 0) is 21.9 Å². The maximum atomic E-state index is 13.7. The van der Waals surface area contributed by atoms with Crippen molar-refractivity contribution in [3.63, 3.8) is 0 Å². The minimum atomic E-state index is -5.22. The van der Waals surface area contributed by atoms with Crippen molar-refractivity contribution >= 4 is 29.2 Å². The molecule has 0 bridgehead atoms. The van der Waals surface area contributed by atoms with Crippen LogP contribution in [0.1, 0.15) is 41.5 Å². The Hall–Kier alpha value is -4.46. The molecule has 4 N–H and O–H groups in total. The third-order valence-corrected chi connectivity index (χ3v) is 8.83. The number of amides is 2. The van der Waals surface area contributed by atoms with Crippen LogP contribution in [-0.4, -0.2) is 51.6 Å². The minimum absolute atomic E-state index is 0.0277. The average molecular weight is 676 g/mol. The number of allylic oxidation sites excluding steroid dienone is 1. The number of hydrogen-bond donors (Lipinski definition) is 4. The number of phenols is 1. The van der Waals surface area contributed by atoms with Gasteiger partial charge in [0.2, 0.25) is 11.8 Å². The first-order valence-corrected chi connectivity index (χ1v) is 15.0. The summed E-state index contributed by atoms with van der Waals surface area (Å²) < 4.78 is 81.5. The predicted molar refractivity (Wildman–Crippen MR) is 163 cm³/mol. The van der Waals surface area contributed by atoms with Crippen molar-refractivity contribution in [1.29, 1.82) is 0 Å². The van der Waals surface area contributed by atoms with E-state index < -0.39 is 78.1 Å². The monoisotopic (exact) mass is 675 g/mol. The lowest BCUT2D eigenvalue weighted by molar-refractivity contribution is -0.143. The maximum Gasteiger partial charge on any atom is 0.416 e. The SMILES string of the molecule is O=C1[C@@H]2[C@@H](CC(CO)=C([C@H](O)CC/C(=C/c3ccc(O)cc3)c3ccccc3)[C@@H]2CO)C(=O)N1c1cc(C(F)(F)F)cc(C(F)(F)F)c1. The van der Waals surface area contributed by atoms with E-state index in [1.54, 1.807) is 12.1 Å². The molecule has 0 aromatic heterocycles. The summed E-state index contributed by atoms with van der Waals surface area (Å²) in [5.74, 6) is -6.07. The molecular weight excluding hydrogens is 644 g/mol. The molecule has 13 heteroatoms. The van der Waals surface area contributed by atoms with Gasteiger partial charge in [-0.25, -0.2) is 4.90 Å². The van der Waals surface area contributed by atoms with Gasteiger partial charge in [-0.05, 0) is 77.4 Å². The smallest absolute Gasteiger partial charge is 0.416 e. The number of alkyl halides is 6. The van der Waals surface area contributed by atoms with E-state index in [0.29, 0.717) is 0 Å². The number of fused-ring (bicyclic) bond motifs is 1. The van der Waals surface area contributed by atoms with E-state index in [4.69, 9.17) is 0 Å². The molecule has 0 saturated carbocycles. The molecule has 1 saturated heterocycles. The van der Waals surface area contributed by atoms with Crippen molar-refractivity contribution < 1.29 is 56.4 Å². The van der Waals surface area contributed by atoms with Gasteiger partial charge in [0.1, 0.15) is 5.75 Å². The zero-order valence-electron chi connectivity index (χ0n) is 25.2. The lowest BCUT2D eigenvalue weighted by Gasteiger charge is -2.36. The highest BCUT2D eigenvalue weighted by atomic mass is 19.4. The number of imide groups is 1. The average Bonchev–Trinajstić information content (AvgIpc) is 3.30. The van der Waals surface area contributed by atoms with E-state index in [1.807, 2.05) is 36.4 Å². The van der Waals surface area contributed by atoms with Crippen LogP contribution in [0.3, 0.4) is 0 Å². The fourth-order valence-corrected chi connectivity index (χ4v) is 6.60. The molecule has 7 nitrogen and oxygen atoms in total. The molecular formula is C35H31F6NO6. The van der Waals surface area contributed by atoms with Gasteiger partial charge >= 0.3 is 12.4 Å². The summed E-state index contributed by atoms with van der Waals surface area (Å²) in [6.07, 6.45) is -9.96. The number of carbonyl (C=O) groups excluding carboxylic acids is 2. The van der Waals surface area contributed by atoms with Crippen LogP contribution in [0.25, 0.3) is 11.6 Å². The molecule has 1 fully saturated rings. The van der Waals surface area contributed by atoms with Gasteiger partial charge in [-0.15, -0.1) is 0 Å². The van der Waals surface area contributed by atoms with E-state index in [1.165, 1.54) is 12.1 Å². The van der Waals surface area contributed by atoms with E-state index >= 15 is 0 Å². The van der Waals surface area contributed by atoms with Crippen molar-refractivity contribution in [1.82, 2.24) is 0 Å².